The van der Waals surface area contributed by atoms with Gasteiger partial charge in [0.15, 0.2) is 0 Å². The summed E-state index contributed by atoms with van der Waals surface area (Å²) in [5, 5.41) is 2.62. The van der Waals surface area contributed by atoms with Crippen molar-refractivity contribution in [3.8, 4) is 0 Å². The van der Waals surface area contributed by atoms with Crippen LogP contribution in [0.5, 0.6) is 0 Å². The number of anilines is 1. The van der Waals surface area contributed by atoms with Gasteiger partial charge in [0.2, 0.25) is 0 Å². The molecule has 21 heavy (non-hydrogen) atoms. The average molecular weight is 423 g/mol. The first-order valence-corrected chi connectivity index (χ1v) is 7.29. The normalized spacial score (nSPS) is 11.3. The smallest absolute Gasteiger partial charge is 0.321 e. The zero-order valence-electron chi connectivity index (χ0n) is 10.3. The maximum Gasteiger partial charge on any atom is 0.416 e. The Labute approximate surface area is 135 Å². The zero-order valence-corrected chi connectivity index (χ0v) is 13.5. The fourth-order valence-corrected chi connectivity index (χ4v) is 2.74. The number of rotatable bonds is 2. The predicted octanol–water partition coefficient (Wildman–Crippen LogP) is 5.48. The number of amides is 1. The Kier molecular flexibility index (Phi) is 4.73. The highest BCUT2D eigenvalue weighted by Gasteiger charge is 2.30. The van der Waals surface area contributed by atoms with Gasteiger partial charge in [-0.1, -0.05) is 15.9 Å². The molecular weight excluding hydrogens is 415 g/mol. The molecular formula is C14H8Br2F3NO. The number of benzene rings is 2. The van der Waals surface area contributed by atoms with E-state index < -0.39 is 17.6 Å². The molecule has 1 amide bonds. The van der Waals surface area contributed by atoms with Crippen molar-refractivity contribution >= 4 is 43.5 Å². The van der Waals surface area contributed by atoms with Gasteiger partial charge in [-0.2, -0.15) is 13.2 Å². The summed E-state index contributed by atoms with van der Waals surface area (Å²) in [6.45, 7) is 0. The van der Waals surface area contributed by atoms with E-state index in [1.54, 1.807) is 18.2 Å². The van der Waals surface area contributed by atoms with E-state index in [0.717, 1.165) is 28.7 Å². The first-order chi connectivity index (χ1) is 9.77. The van der Waals surface area contributed by atoms with Gasteiger partial charge in [-0.05, 0) is 58.4 Å². The molecule has 2 nitrogen and oxygen atoms in total. The van der Waals surface area contributed by atoms with Crippen molar-refractivity contribution in [2.75, 3.05) is 5.32 Å². The molecule has 1 N–H and O–H groups in total. The van der Waals surface area contributed by atoms with Gasteiger partial charge >= 0.3 is 6.18 Å². The minimum absolute atomic E-state index is 0.151. The van der Waals surface area contributed by atoms with Crippen molar-refractivity contribution in [1.82, 2.24) is 0 Å². The molecule has 0 heterocycles. The van der Waals surface area contributed by atoms with Gasteiger partial charge in [0, 0.05) is 14.5 Å². The van der Waals surface area contributed by atoms with E-state index in [1.807, 2.05) is 0 Å². The highest BCUT2D eigenvalue weighted by atomic mass is 79.9. The maximum atomic E-state index is 12.4. The van der Waals surface area contributed by atoms with E-state index in [0.29, 0.717) is 10.2 Å². The Morgan fingerprint density at radius 1 is 1.00 bits per heavy atom. The number of halogens is 5. The Balaban J connectivity index is 2.17. The largest absolute Gasteiger partial charge is 0.416 e. The van der Waals surface area contributed by atoms with E-state index in [1.165, 1.54) is 0 Å². The highest BCUT2D eigenvalue weighted by molar-refractivity contribution is 9.11. The predicted molar refractivity (Wildman–Crippen MR) is 81.2 cm³/mol. The summed E-state index contributed by atoms with van der Waals surface area (Å²) >= 11 is 6.58. The lowest BCUT2D eigenvalue weighted by molar-refractivity contribution is -0.137. The average Bonchev–Trinajstić information content (AvgIpc) is 2.41. The zero-order chi connectivity index (χ0) is 15.6. The van der Waals surface area contributed by atoms with Crippen LogP contribution in [0.4, 0.5) is 18.9 Å². The molecule has 7 heteroatoms. The number of alkyl halides is 3. The van der Waals surface area contributed by atoms with Crippen LogP contribution in [0.1, 0.15) is 15.9 Å². The fraction of sp³-hybridized carbons (Fsp3) is 0.0714. The molecule has 0 aliphatic carbocycles. The Morgan fingerprint density at radius 3 is 2.14 bits per heavy atom. The molecule has 0 unspecified atom stereocenters. The lowest BCUT2D eigenvalue weighted by atomic mass is 10.1. The lowest BCUT2D eigenvalue weighted by Crippen LogP contribution is -2.13. The first-order valence-electron chi connectivity index (χ1n) is 5.71. The van der Waals surface area contributed by atoms with Crippen molar-refractivity contribution in [2.24, 2.45) is 0 Å². The molecule has 2 aromatic rings. The third kappa shape index (κ3) is 4.07. The van der Waals surface area contributed by atoms with E-state index >= 15 is 0 Å². The lowest BCUT2D eigenvalue weighted by Gasteiger charge is -2.09. The third-order valence-electron chi connectivity index (χ3n) is 2.65. The van der Waals surface area contributed by atoms with Crippen molar-refractivity contribution in [2.45, 2.75) is 6.18 Å². The van der Waals surface area contributed by atoms with Gasteiger partial charge in [-0.25, -0.2) is 0 Å². The summed E-state index contributed by atoms with van der Waals surface area (Å²) in [5.41, 5.74) is -0.107. The van der Waals surface area contributed by atoms with Crippen LogP contribution in [-0.2, 0) is 6.18 Å². The quantitative estimate of drug-likeness (QED) is 0.681. The molecule has 0 bridgehead atoms. The van der Waals surface area contributed by atoms with Crippen molar-refractivity contribution in [3.05, 3.63) is 62.5 Å². The topological polar surface area (TPSA) is 29.1 Å². The summed E-state index contributed by atoms with van der Waals surface area (Å²) in [6, 6.07) is 9.22. The number of hydrogen-bond donors (Lipinski definition) is 1. The summed E-state index contributed by atoms with van der Waals surface area (Å²) < 4.78 is 38.8. The highest BCUT2D eigenvalue weighted by Crippen LogP contribution is 2.30. The summed E-state index contributed by atoms with van der Waals surface area (Å²) in [5.74, 6) is -0.480. The standard InChI is InChI=1S/C14H8Br2F3NO/c15-10-5-6-12(11(16)7-10)20-13(21)8-1-3-9(4-2-8)14(17,18)19/h1-7H,(H,20,21). The molecule has 2 aromatic carbocycles. The maximum absolute atomic E-state index is 12.4. The number of nitrogens with one attached hydrogen (secondary N) is 1. The monoisotopic (exact) mass is 421 g/mol. The third-order valence-corrected chi connectivity index (χ3v) is 3.80. The van der Waals surface area contributed by atoms with Gasteiger partial charge < -0.3 is 5.32 Å². The minimum Gasteiger partial charge on any atom is -0.321 e. The van der Waals surface area contributed by atoms with Gasteiger partial charge in [0.25, 0.3) is 5.91 Å². The fourth-order valence-electron chi connectivity index (χ4n) is 1.60. The van der Waals surface area contributed by atoms with E-state index in [9.17, 15) is 18.0 Å². The van der Waals surface area contributed by atoms with E-state index in [2.05, 4.69) is 37.2 Å². The SMILES string of the molecule is O=C(Nc1ccc(Br)cc1Br)c1ccc(C(F)(F)F)cc1. The van der Waals surface area contributed by atoms with Crippen LogP contribution < -0.4 is 5.32 Å². The molecule has 2 rings (SSSR count). The van der Waals surface area contributed by atoms with Crippen LogP contribution in [-0.4, -0.2) is 5.91 Å². The summed E-state index contributed by atoms with van der Waals surface area (Å²) in [4.78, 5) is 12.0. The molecule has 0 atom stereocenters. The Morgan fingerprint density at radius 2 is 1.62 bits per heavy atom. The molecule has 110 valence electrons. The van der Waals surface area contributed by atoms with Crippen LogP contribution in [0.25, 0.3) is 0 Å². The number of hydrogen-bond acceptors (Lipinski definition) is 1. The van der Waals surface area contributed by atoms with Crippen molar-refractivity contribution < 1.29 is 18.0 Å². The van der Waals surface area contributed by atoms with Crippen LogP contribution in [0, 0.1) is 0 Å². The summed E-state index contributed by atoms with van der Waals surface area (Å²) in [7, 11) is 0. The second kappa shape index (κ2) is 6.19. The summed E-state index contributed by atoms with van der Waals surface area (Å²) in [6.07, 6.45) is -4.41. The molecule has 0 radical (unpaired) electrons. The molecule has 0 aromatic heterocycles. The van der Waals surface area contributed by atoms with Gasteiger partial charge in [-0.15, -0.1) is 0 Å². The number of carbonyl (C=O) groups excluding carboxylic acids is 1. The van der Waals surface area contributed by atoms with Gasteiger partial charge in [0.1, 0.15) is 0 Å². The van der Waals surface area contributed by atoms with Crippen LogP contribution >= 0.6 is 31.9 Å². The van der Waals surface area contributed by atoms with Gasteiger partial charge in [0.05, 0.1) is 11.3 Å². The Bertz CT molecular complexity index is 669. The van der Waals surface area contributed by atoms with Crippen LogP contribution in [0.15, 0.2) is 51.4 Å². The number of carbonyl (C=O) groups is 1. The molecule has 0 aliphatic heterocycles. The minimum atomic E-state index is -4.41. The first kappa shape index (κ1) is 16.0. The van der Waals surface area contributed by atoms with E-state index in [4.69, 9.17) is 0 Å². The second-order valence-corrected chi connectivity index (χ2v) is 5.92. The molecule has 0 saturated carbocycles. The molecule has 0 aliphatic rings. The molecule has 0 spiro atoms. The molecule has 0 fully saturated rings. The Hall–Kier alpha value is -1.34. The van der Waals surface area contributed by atoms with Crippen LogP contribution in [0.2, 0.25) is 0 Å². The second-order valence-electron chi connectivity index (χ2n) is 4.15. The van der Waals surface area contributed by atoms with Crippen molar-refractivity contribution in [1.29, 1.82) is 0 Å². The van der Waals surface area contributed by atoms with E-state index in [-0.39, 0.29) is 5.56 Å². The van der Waals surface area contributed by atoms with Gasteiger partial charge in [-0.3, -0.25) is 4.79 Å². The molecule has 0 saturated heterocycles. The van der Waals surface area contributed by atoms with Crippen LogP contribution in [0.3, 0.4) is 0 Å². The van der Waals surface area contributed by atoms with Crippen molar-refractivity contribution in [3.63, 3.8) is 0 Å².